The topological polar surface area (TPSA) is 46.6 Å². The molecule has 0 radical (unpaired) electrons. The Morgan fingerprint density at radius 3 is 2.38 bits per heavy atom. The van der Waals surface area contributed by atoms with Gasteiger partial charge in [-0.25, -0.2) is 0 Å². The number of allylic oxidation sites excluding steroid dienone is 1. The Balaban J connectivity index is 3.70. The van der Waals surface area contributed by atoms with Crippen LogP contribution in [0.15, 0.2) is 12.3 Å². The predicted octanol–water partition coefficient (Wildman–Crippen LogP) is 0.584. The Morgan fingerprint density at radius 2 is 1.92 bits per heavy atom. The van der Waals surface area contributed by atoms with Crippen molar-refractivity contribution in [3.8, 4) is 0 Å². The smallest absolute Gasteiger partial charge is 0.305 e. The quantitative estimate of drug-likeness (QED) is 0.464. The Labute approximate surface area is 78.2 Å². The zero-order valence-electron chi connectivity index (χ0n) is 8.24. The van der Waals surface area contributed by atoms with Gasteiger partial charge in [0.2, 0.25) is 0 Å². The molecule has 0 unspecified atom stereocenters. The molecule has 0 aromatic rings. The highest BCUT2D eigenvalue weighted by atomic mass is 16.5. The van der Waals surface area contributed by atoms with Crippen LogP contribution in [-0.4, -0.2) is 37.9 Å². The summed E-state index contributed by atoms with van der Waals surface area (Å²) in [5.74, 6) is -0.425. The van der Waals surface area contributed by atoms with E-state index in [9.17, 15) is 9.59 Å². The molecule has 0 aliphatic heterocycles. The highest BCUT2D eigenvalue weighted by molar-refractivity contribution is 5.91. The van der Waals surface area contributed by atoms with Gasteiger partial charge in [0.25, 0.3) is 0 Å². The van der Waals surface area contributed by atoms with Gasteiger partial charge in [-0.15, -0.1) is 0 Å². The Morgan fingerprint density at radius 1 is 1.31 bits per heavy atom. The van der Waals surface area contributed by atoms with Gasteiger partial charge in [-0.2, -0.15) is 0 Å². The Bertz CT molecular complexity index is 209. The lowest BCUT2D eigenvalue weighted by molar-refractivity contribution is -0.141. The van der Waals surface area contributed by atoms with Crippen LogP contribution < -0.4 is 0 Å². The molecule has 0 atom stereocenters. The van der Waals surface area contributed by atoms with Crippen LogP contribution in [0.4, 0.5) is 0 Å². The second kappa shape index (κ2) is 6.22. The van der Waals surface area contributed by atoms with Crippen molar-refractivity contribution in [2.45, 2.75) is 12.8 Å². The molecule has 0 spiro atoms. The number of esters is 1. The minimum Gasteiger partial charge on any atom is -0.469 e. The van der Waals surface area contributed by atoms with Gasteiger partial charge >= 0.3 is 5.97 Å². The molecule has 0 amide bonds. The molecule has 4 heteroatoms. The van der Waals surface area contributed by atoms with E-state index >= 15 is 0 Å². The maximum Gasteiger partial charge on any atom is 0.305 e. The predicted molar refractivity (Wildman–Crippen MR) is 49.1 cm³/mol. The molecule has 4 nitrogen and oxygen atoms in total. The van der Waals surface area contributed by atoms with Crippen LogP contribution >= 0.6 is 0 Å². The second-order valence-electron chi connectivity index (χ2n) is 2.82. The number of carbonyl (C=O) groups excluding carboxylic acids is 2. The van der Waals surface area contributed by atoms with Crippen LogP contribution in [0.25, 0.3) is 0 Å². The maximum absolute atomic E-state index is 11.0. The summed E-state index contributed by atoms with van der Waals surface area (Å²) in [7, 11) is 4.96. The van der Waals surface area contributed by atoms with E-state index in [-0.39, 0.29) is 24.6 Å². The molecule has 0 rings (SSSR count). The first-order valence-electron chi connectivity index (χ1n) is 4.00. The molecule has 0 heterocycles. The summed E-state index contributed by atoms with van der Waals surface area (Å²) in [4.78, 5) is 23.5. The molecule has 0 aromatic carbocycles. The minimum atomic E-state index is -0.355. The van der Waals surface area contributed by atoms with E-state index < -0.39 is 0 Å². The van der Waals surface area contributed by atoms with Crippen molar-refractivity contribution in [1.29, 1.82) is 0 Å². The molecule has 13 heavy (non-hydrogen) atoms. The number of carbonyl (C=O) groups is 2. The fourth-order valence-corrected chi connectivity index (χ4v) is 0.643. The highest BCUT2D eigenvalue weighted by Crippen LogP contribution is 1.94. The number of ether oxygens (including phenoxy) is 1. The van der Waals surface area contributed by atoms with Crippen LogP contribution in [0.2, 0.25) is 0 Å². The van der Waals surface area contributed by atoms with Crippen LogP contribution in [0.3, 0.4) is 0 Å². The van der Waals surface area contributed by atoms with Crippen molar-refractivity contribution in [2.75, 3.05) is 21.2 Å². The Kier molecular flexibility index (Phi) is 5.59. The van der Waals surface area contributed by atoms with Crippen molar-refractivity contribution >= 4 is 11.8 Å². The summed E-state index contributed by atoms with van der Waals surface area (Å²) in [5.41, 5.74) is 0. The second-order valence-corrected chi connectivity index (χ2v) is 2.82. The van der Waals surface area contributed by atoms with Gasteiger partial charge in [-0.1, -0.05) is 0 Å². The van der Waals surface area contributed by atoms with E-state index in [4.69, 9.17) is 0 Å². The summed E-state index contributed by atoms with van der Waals surface area (Å²) in [6.45, 7) is 0. The average molecular weight is 185 g/mol. The molecule has 0 N–H and O–H groups in total. The van der Waals surface area contributed by atoms with Gasteiger partial charge in [0.15, 0.2) is 5.78 Å². The van der Waals surface area contributed by atoms with Crippen molar-refractivity contribution in [2.24, 2.45) is 0 Å². The summed E-state index contributed by atoms with van der Waals surface area (Å²) < 4.78 is 4.40. The van der Waals surface area contributed by atoms with E-state index in [0.29, 0.717) is 0 Å². The van der Waals surface area contributed by atoms with Crippen LogP contribution in [0.5, 0.6) is 0 Å². The molecular formula is C9H15NO3. The molecule has 0 saturated carbocycles. The first kappa shape index (κ1) is 11.7. The van der Waals surface area contributed by atoms with Crippen molar-refractivity contribution in [3.05, 3.63) is 12.3 Å². The molecule has 0 bridgehead atoms. The van der Waals surface area contributed by atoms with Gasteiger partial charge in [0.1, 0.15) is 0 Å². The normalized spacial score (nSPS) is 10.1. The summed E-state index contributed by atoms with van der Waals surface area (Å²) >= 11 is 0. The number of hydrogen-bond donors (Lipinski definition) is 0. The average Bonchev–Trinajstić information content (AvgIpc) is 2.10. The van der Waals surface area contributed by atoms with E-state index in [1.165, 1.54) is 13.2 Å². The van der Waals surface area contributed by atoms with Gasteiger partial charge in [0.05, 0.1) is 13.5 Å². The Hall–Kier alpha value is -1.32. The monoisotopic (exact) mass is 185 g/mol. The summed E-state index contributed by atoms with van der Waals surface area (Å²) in [6, 6.07) is 0. The largest absolute Gasteiger partial charge is 0.469 e. The standard InChI is InChI=1S/C9H15NO3/c1-10(2)7-6-8(11)4-5-9(12)13-3/h6-7H,4-5H2,1-3H3/b7-6+. The first-order chi connectivity index (χ1) is 6.06. The molecule has 0 fully saturated rings. The zero-order chi connectivity index (χ0) is 10.3. The lowest BCUT2D eigenvalue weighted by Gasteiger charge is -2.02. The van der Waals surface area contributed by atoms with E-state index in [1.54, 1.807) is 11.1 Å². The van der Waals surface area contributed by atoms with E-state index in [0.717, 1.165) is 0 Å². The minimum absolute atomic E-state index is 0.0703. The van der Waals surface area contributed by atoms with Crippen LogP contribution in [-0.2, 0) is 14.3 Å². The maximum atomic E-state index is 11.0. The first-order valence-corrected chi connectivity index (χ1v) is 4.00. The fraction of sp³-hybridized carbons (Fsp3) is 0.556. The van der Waals surface area contributed by atoms with Crippen molar-refractivity contribution in [3.63, 3.8) is 0 Å². The summed E-state index contributed by atoms with van der Waals surface area (Å²) in [5, 5.41) is 0. The van der Waals surface area contributed by atoms with Crippen molar-refractivity contribution in [1.82, 2.24) is 4.90 Å². The van der Waals surface area contributed by atoms with Gasteiger partial charge in [-0.3, -0.25) is 9.59 Å². The number of ketones is 1. The third kappa shape index (κ3) is 7.05. The zero-order valence-corrected chi connectivity index (χ0v) is 8.24. The number of methoxy groups -OCH3 is 1. The number of hydrogen-bond acceptors (Lipinski definition) is 4. The molecular weight excluding hydrogens is 170 g/mol. The van der Waals surface area contributed by atoms with Crippen LogP contribution in [0.1, 0.15) is 12.8 Å². The number of nitrogens with zero attached hydrogens (tertiary/aromatic N) is 1. The fourth-order valence-electron chi connectivity index (χ4n) is 0.643. The van der Waals surface area contributed by atoms with E-state index in [2.05, 4.69) is 4.74 Å². The molecule has 74 valence electrons. The molecule has 0 saturated heterocycles. The molecule has 0 aromatic heterocycles. The highest BCUT2D eigenvalue weighted by Gasteiger charge is 2.03. The lowest BCUT2D eigenvalue weighted by Crippen LogP contribution is -2.05. The molecule has 0 aliphatic rings. The van der Waals surface area contributed by atoms with Crippen molar-refractivity contribution < 1.29 is 14.3 Å². The third-order valence-corrected chi connectivity index (χ3v) is 1.36. The lowest BCUT2D eigenvalue weighted by atomic mass is 10.2. The van der Waals surface area contributed by atoms with Gasteiger partial charge < -0.3 is 9.64 Å². The SMILES string of the molecule is COC(=O)CCC(=O)/C=C/N(C)C. The number of rotatable bonds is 5. The summed E-state index contributed by atoms with van der Waals surface area (Å²) in [6.07, 6.45) is 3.45. The van der Waals surface area contributed by atoms with Gasteiger partial charge in [0, 0.05) is 26.7 Å². The third-order valence-electron chi connectivity index (χ3n) is 1.36. The van der Waals surface area contributed by atoms with Gasteiger partial charge in [-0.05, 0) is 6.08 Å². The van der Waals surface area contributed by atoms with E-state index in [1.807, 2.05) is 14.1 Å². The van der Waals surface area contributed by atoms with Crippen LogP contribution in [0, 0.1) is 0 Å². The molecule has 0 aliphatic carbocycles.